The molecule has 0 saturated heterocycles. The lowest BCUT2D eigenvalue weighted by Gasteiger charge is -2.10. The number of hydrogen-bond donors (Lipinski definition) is 0. The predicted molar refractivity (Wildman–Crippen MR) is 234 cm³/mol. The van der Waals surface area contributed by atoms with E-state index in [-0.39, 0.29) is 0 Å². The summed E-state index contributed by atoms with van der Waals surface area (Å²) >= 11 is 1.77. The van der Waals surface area contributed by atoms with Crippen molar-refractivity contribution >= 4 is 75.4 Å². The number of fused-ring (bicyclic) bond motifs is 9. The van der Waals surface area contributed by atoms with Crippen LogP contribution in [0.4, 0.5) is 0 Å². The molecule has 0 radical (unpaired) electrons. The molecule has 4 heterocycles. The lowest BCUT2D eigenvalue weighted by atomic mass is 9.93. The highest BCUT2D eigenvalue weighted by molar-refractivity contribution is 7.26. The van der Waals surface area contributed by atoms with E-state index in [0.717, 1.165) is 87.5 Å². The minimum Gasteiger partial charge on any atom is -0.456 e. The molecule has 0 fully saturated rings. The molecule has 8 aromatic carbocycles. The lowest BCUT2D eigenvalue weighted by molar-refractivity contribution is 0.668. The van der Waals surface area contributed by atoms with Gasteiger partial charge in [-0.3, -0.25) is 0 Å². The molecule has 266 valence electrons. The van der Waals surface area contributed by atoms with Crippen molar-refractivity contribution in [2.75, 3.05) is 0 Å². The molecular weight excluding hydrogens is 719 g/mol. The molecule has 0 saturated carbocycles. The second kappa shape index (κ2) is 12.6. The number of hydrogen-bond acceptors (Lipinski definition) is 6. The summed E-state index contributed by atoms with van der Waals surface area (Å²) in [6.07, 6.45) is 0. The van der Waals surface area contributed by atoms with Crippen LogP contribution in [0, 0.1) is 0 Å². The summed E-state index contributed by atoms with van der Waals surface area (Å²) in [4.78, 5) is 15.1. The van der Waals surface area contributed by atoms with Gasteiger partial charge in [0.25, 0.3) is 0 Å². The molecule has 6 heteroatoms. The summed E-state index contributed by atoms with van der Waals surface area (Å²) in [6.45, 7) is 0. The SMILES string of the molecule is c1ccc(-c2nc(-c3ccccc3)nc(-c3cccc4c3sc3ccc(-c5cc(-c6cccc7oc8ccccc8c67)c6oc7ccccc7c6c5)cc34)n2)cc1. The zero-order chi connectivity index (χ0) is 37.5. The fraction of sp³-hybridized carbons (Fsp3) is 0. The van der Waals surface area contributed by atoms with Crippen LogP contribution in [0.2, 0.25) is 0 Å². The number of para-hydroxylation sites is 2. The Morgan fingerprint density at radius 1 is 0.351 bits per heavy atom. The van der Waals surface area contributed by atoms with E-state index in [1.165, 1.54) is 15.5 Å². The normalized spacial score (nSPS) is 11.9. The summed E-state index contributed by atoms with van der Waals surface area (Å²) in [5.74, 6) is 1.96. The van der Waals surface area contributed by atoms with Crippen LogP contribution in [0.3, 0.4) is 0 Å². The molecule has 0 aliphatic rings. The van der Waals surface area contributed by atoms with Crippen LogP contribution in [0.1, 0.15) is 0 Å². The van der Waals surface area contributed by atoms with Crippen LogP contribution in [-0.2, 0) is 0 Å². The fourth-order valence-electron chi connectivity index (χ4n) is 8.28. The highest BCUT2D eigenvalue weighted by Gasteiger charge is 2.21. The first-order chi connectivity index (χ1) is 28.2. The molecule has 0 bridgehead atoms. The first-order valence-electron chi connectivity index (χ1n) is 18.9. The summed E-state index contributed by atoms with van der Waals surface area (Å²) in [5, 5.41) is 6.71. The molecule has 12 rings (SSSR count). The number of thiophene rings is 1. The Bertz CT molecular complexity index is 3470. The van der Waals surface area contributed by atoms with Crippen molar-refractivity contribution in [1.29, 1.82) is 0 Å². The Labute approximate surface area is 330 Å². The Hall–Kier alpha value is -7.41. The van der Waals surface area contributed by atoms with Gasteiger partial charge in [-0.1, -0.05) is 127 Å². The average molecular weight is 748 g/mol. The van der Waals surface area contributed by atoms with E-state index in [1.54, 1.807) is 11.3 Å². The van der Waals surface area contributed by atoms with E-state index < -0.39 is 0 Å². The Balaban J connectivity index is 1.06. The van der Waals surface area contributed by atoms with Gasteiger partial charge in [-0.05, 0) is 65.2 Å². The number of benzene rings is 8. The molecule has 0 aliphatic carbocycles. The van der Waals surface area contributed by atoms with E-state index in [1.807, 2.05) is 91.0 Å². The fourth-order valence-corrected chi connectivity index (χ4v) is 9.47. The summed E-state index contributed by atoms with van der Waals surface area (Å²) in [6, 6.07) is 60.9. The second-order valence-electron chi connectivity index (χ2n) is 14.3. The monoisotopic (exact) mass is 747 g/mol. The van der Waals surface area contributed by atoms with Crippen LogP contribution >= 0.6 is 11.3 Å². The van der Waals surface area contributed by atoms with Crippen LogP contribution in [0.15, 0.2) is 185 Å². The van der Waals surface area contributed by atoms with Gasteiger partial charge in [0.05, 0.1) is 0 Å². The molecule has 0 amide bonds. The third kappa shape index (κ3) is 5.12. The third-order valence-corrected chi connectivity index (χ3v) is 12.2. The van der Waals surface area contributed by atoms with E-state index in [9.17, 15) is 0 Å². The Kier molecular flexibility index (Phi) is 7.03. The molecule has 4 aromatic heterocycles. The molecule has 0 unspecified atom stereocenters. The van der Waals surface area contributed by atoms with Gasteiger partial charge in [0.1, 0.15) is 22.3 Å². The molecular formula is C51H29N3O2S. The quantitative estimate of drug-likeness (QED) is 0.175. The zero-order valence-electron chi connectivity index (χ0n) is 30.3. The molecule has 0 N–H and O–H groups in total. The summed E-state index contributed by atoms with van der Waals surface area (Å²) in [7, 11) is 0. The maximum absolute atomic E-state index is 6.67. The van der Waals surface area contributed by atoms with Gasteiger partial charge in [-0.2, -0.15) is 0 Å². The standard InChI is InChI=1S/C51H29N3O2S/c1-3-13-30(14-4-1)49-52-50(31-15-5-2-6-16-31)54-51(53-49)38-21-11-20-36-39-27-32(25-26-45(39)57-48(36)38)33-28-40-34-17-7-9-22-42(34)56-47(40)41(29-33)35-19-12-24-44-46(35)37-18-8-10-23-43(37)55-44/h1-29H. The van der Waals surface area contributed by atoms with E-state index >= 15 is 0 Å². The van der Waals surface area contributed by atoms with Crippen LogP contribution in [-0.4, -0.2) is 15.0 Å². The first-order valence-corrected chi connectivity index (χ1v) is 19.7. The van der Waals surface area contributed by atoms with Crippen molar-refractivity contribution in [3.8, 4) is 56.4 Å². The second-order valence-corrected chi connectivity index (χ2v) is 15.4. The highest BCUT2D eigenvalue weighted by Crippen LogP contribution is 2.46. The van der Waals surface area contributed by atoms with Crippen molar-refractivity contribution in [3.05, 3.63) is 176 Å². The van der Waals surface area contributed by atoms with E-state index in [2.05, 4.69) is 84.9 Å². The summed E-state index contributed by atoms with van der Waals surface area (Å²) in [5.41, 5.74) is 10.7. The van der Waals surface area contributed by atoms with Gasteiger partial charge in [0, 0.05) is 64.0 Å². The third-order valence-electron chi connectivity index (χ3n) is 10.9. The highest BCUT2D eigenvalue weighted by atomic mass is 32.1. The molecule has 57 heavy (non-hydrogen) atoms. The number of rotatable bonds is 5. The van der Waals surface area contributed by atoms with Crippen molar-refractivity contribution in [2.24, 2.45) is 0 Å². The maximum atomic E-state index is 6.67. The van der Waals surface area contributed by atoms with E-state index in [4.69, 9.17) is 23.8 Å². The molecule has 0 atom stereocenters. The van der Waals surface area contributed by atoms with Crippen molar-refractivity contribution in [2.45, 2.75) is 0 Å². The lowest BCUT2D eigenvalue weighted by Crippen LogP contribution is -2.00. The molecule has 5 nitrogen and oxygen atoms in total. The number of nitrogens with zero attached hydrogens (tertiary/aromatic N) is 3. The van der Waals surface area contributed by atoms with Crippen molar-refractivity contribution < 1.29 is 8.83 Å². The van der Waals surface area contributed by atoms with Gasteiger partial charge >= 0.3 is 0 Å². The average Bonchev–Trinajstić information content (AvgIpc) is 3.98. The summed E-state index contributed by atoms with van der Waals surface area (Å²) < 4.78 is 15.3. The minimum atomic E-state index is 0.650. The van der Waals surface area contributed by atoms with Gasteiger partial charge in [-0.15, -0.1) is 11.3 Å². The Morgan fingerprint density at radius 3 is 1.72 bits per heavy atom. The van der Waals surface area contributed by atoms with Crippen LogP contribution in [0.5, 0.6) is 0 Å². The van der Waals surface area contributed by atoms with E-state index in [0.29, 0.717) is 17.5 Å². The molecule has 0 aliphatic heterocycles. The largest absolute Gasteiger partial charge is 0.456 e. The van der Waals surface area contributed by atoms with Crippen molar-refractivity contribution in [3.63, 3.8) is 0 Å². The minimum absolute atomic E-state index is 0.650. The predicted octanol–water partition coefficient (Wildman–Crippen LogP) is 14.4. The smallest absolute Gasteiger partial charge is 0.165 e. The number of furan rings is 2. The van der Waals surface area contributed by atoms with Gasteiger partial charge in [0.2, 0.25) is 0 Å². The Morgan fingerprint density at radius 2 is 0.947 bits per heavy atom. The van der Waals surface area contributed by atoms with Crippen molar-refractivity contribution in [1.82, 2.24) is 15.0 Å². The number of aromatic nitrogens is 3. The molecule has 12 aromatic rings. The van der Waals surface area contributed by atoms with Gasteiger partial charge < -0.3 is 8.83 Å². The topological polar surface area (TPSA) is 65.0 Å². The van der Waals surface area contributed by atoms with Gasteiger partial charge in [0.15, 0.2) is 17.5 Å². The first kappa shape index (κ1) is 31.9. The molecule has 0 spiro atoms. The van der Waals surface area contributed by atoms with Gasteiger partial charge in [-0.25, -0.2) is 15.0 Å². The van der Waals surface area contributed by atoms with Crippen LogP contribution < -0.4 is 0 Å². The maximum Gasteiger partial charge on any atom is 0.165 e. The van der Waals surface area contributed by atoms with Crippen LogP contribution in [0.25, 0.3) is 120 Å². The zero-order valence-corrected chi connectivity index (χ0v) is 31.1.